The molecule has 0 radical (unpaired) electrons. The first kappa shape index (κ1) is 22.5. The van der Waals surface area contributed by atoms with Crippen molar-refractivity contribution < 1.29 is 14.7 Å². The third-order valence-electron chi connectivity index (χ3n) is 8.06. The van der Waals surface area contributed by atoms with Crippen LogP contribution in [0.25, 0.3) is 0 Å². The molecule has 2 fully saturated rings. The highest BCUT2D eigenvalue weighted by Crippen LogP contribution is 2.57. The molecule has 2 amide bonds. The van der Waals surface area contributed by atoms with Gasteiger partial charge in [0.05, 0.1) is 11.8 Å². The minimum Gasteiger partial charge on any atom is -0.392 e. The van der Waals surface area contributed by atoms with Crippen molar-refractivity contribution in [3.63, 3.8) is 0 Å². The van der Waals surface area contributed by atoms with Crippen LogP contribution in [0.2, 0.25) is 0 Å². The molecule has 0 aromatic carbocycles. The van der Waals surface area contributed by atoms with Crippen LogP contribution in [0.5, 0.6) is 0 Å². The van der Waals surface area contributed by atoms with Crippen LogP contribution in [0.15, 0.2) is 24.5 Å². The number of hydrogen-bond acceptors (Lipinski definition) is 6. The number of fused-ring (bicyclic) bond motifs is 2. The largest absolute Gasteiger partial charge is 0.392 e. The maximum absolute atomic E-state index is 12.7. The van der Waals surface area contributed by atoms with Crippen molar-refractivity contribution in [2.75, 3.05) is 5.32 Å². The monoisotopic (exact) mass is 468 g/mol. The quantitative estimate of drug-likeness (QED) is 0.620. The first-order valence-electron chi connectivity index (χ1n) is 12.0. The fourth-order valence-electron chi connectivity index (χ4n) is 6.03. The Labute approximate surface area is 198 Å². The number of aliphatic hydroxyl groups excluding tert-OH is 1. The summed E-state index contributed by atoms with van der Waals surface area (Å²) in [6.07, 6.45) is 7.43. The van der Waals surface area contributed by atoms with Crippen molar-refractivity contribution in [1.29, 1.82) is 0 Å². The van der Waals surface area contributed by atoms with E-state index in [1.165, 1.54) is 16.2 Å². The predicted molar refractivity (Wildman–Crippen MR) is 127 cm³/mol. The Kier molecular flexibility index (Phi) is 5.77. The number of rotatable bonds is 5. The minimum atomic E-state index is -0.552. The van der Waals surface area contributed by atoms with Gasteiger partial charge in [-0.2, -0.15) is 0 Å². The predicted octanol–water partition coefficient (Wildman–Crippen LogP) is 3.76. The average Bonchev–Trinajstić information content (AvgIpc) is 3.51. The molecule has 176 valence electrons. The summed E-state index contributed by atoms with van der Waals surface area (Å²) in [7, 11) is 0. The van der Waals surface area contributed by atoms with Gasteiger partial charge in [0.1, 0.15) is 0 Å². The van der Waals surface area contributed by atoms with Crippen molar-refractivity contribution in [1.82, 2.24) is 15.3 Å². The second-order valence-electron chi connectivity index (χ2n) is 10.4. The summed E-state index contributed by atoms with van der Waals surface area (Å²) >= 11 is 1.54. The lowest BCUT2D eigenvalue weighted by atomic mass is 9.53. The number of pyridine rings is 1. The van der Waals surface area contributed by atoms with E-state index in [0.717, 1.165) is 37.8 Å². The van der Waals surface area contributed by atoms with Crippen LogP contribution in [-0.2, 0) is 11.2 Å². The smallest absolute Gasteiger partial charge is 0.257 e. The summed E-state index contributed by atoms with van der Waals surface area (Å²) in [5, 5.41) is 18.2. The number of aromatic nitrogens is 2. The molecule has 3 aliphatic rings. The Balaban J connectivity index is 1.35. The van der Waals surface area contributed by atoms with Gasteiger partial charge in [0.2, 0.25) is 5.91 Å². The molecule has 8 heteroatoms. The molecule has 2 aromatic heterocycles. The van der Waals surface area contributed by atoms with Gasteiger partial charge in [-0.25, -0.2) is 4.98 Å². The van der Waals surface area contributed by atoms with Gasteiger partial charge >= 0.3 is 0 Å². The topological polar surface area (TPSA) is 104 Å². The summed E-state index contributed by atoms with van der Waals surface area (Å²) in [4.78, 5) is 35.2. The Morgan fingerprint density at radius 2 is 1.97 bits per heavy atom. The Morgan fingerprint density at radius 3 is 2.67 bits per heavy atom. The fraction of sp³-hybridized carbons (Fsp3) is 0.600. The average molecular weight is 469 g/mol. The zero-order valence-corrected chi connectivity index (χ0v) is 20.2. The molecule has 0 bridgehead atoms. The van der Waals surface area contributed by atoms with Crippen LogP contribution >= 0.6 is 11.3 Å². The van der Waals surface area contributed by atoms with E-state index in [1.807, 2.05) is 6.92 Å². The molecule has 0 spiro atoms. The lowest BCUT2D eigenvalue weighted by molar-refractivity contribution is -0.134. The van der Waals surface area contributed by atoms with Gasteiger partial charge in [-0.3, -0.25) is 19.9 Å². The zero-order chi connectivity index (χ0) is 23.3. The highest BCUT2D eigenvalue weighted by molar-refractivity contribution is 7.15. The molecule has 0 aliphatic heterocycles. The molecule has 2 heterocycles. The number of hydrogen-bond donors (Lipinski definition) is 3. The summed E-state index contributed by atoms with van der Waals surface area (Å²) < 4.78 is 0. The first-order valence-corrected chi connectivity index (χ1v) is 12.8. The fourth-order valence-corrected chi connectivity index (χ4v) is 7.29. The number of carbonyl (C=O) groups is 2. The Bertz CT molecular complexity index is 1050. The van der Waals surface area contributed by atoms with Gasteiger partial charge < -0.3 is 10.4 Å². The minimum absolute atomic E-state index is 0.0331. The molecule has 6 atom stereocenters. The number of nitrogens with one attached hydrogen (secondary N) is 2. The summed E-state index contributed by atoms with van der Waals surface area (Å²) in [6, 6.07) is 3.69. The number of thiazole rings is 1. The normalized spacial score (nSPS) is 31.8. The molecule has 2 aromatic rings. The second kappa shape index (κ2) is 8.47. The third kappa shape index (κ3) is 4.19. The van der Waals surface area contributed by atoms with E-state index in [9.17, 15) is 14.7 Å². The lowest BCUT2D eigenvalue weighted by Crippen LogP contribution is -2.53. The van der Waals surface area contributed by atoms with Gasteiger partial charge in [0.15, 0.2) is 5.13 Å². The summed E-state index contributed by atoms with van der Waals surface area (Å²) in [5.41, 5.74) is 1.47. The molecular formula is C25H32N4O3S. The van der Waals surface area contributed by atoms with E-state index < -0.39 is 6.10 Å². The Hall–Kier alpha value is -2.32. The van der Waals surface area contributed by atoms with Gasteiger partial charge in [0.25, 0.3) is 5.91 Å². The summed E-state index contributed by atoms with van der Waals surface area (Å²) in [6.45, 7) is 6.36. The zero-order valence-electron chi connectivity index (χ0n) is 19.4. The van der Waals surface area contributed by atoms with E-state index in [4.69, 9.17) is 4.98 Å². The van der Waals surface area contributed by atoms with E-state index in [1.54, 1.807) is 24.5 Å². The number of anilines is 1. The van der Waals surface area contributed by atoms with Crippen LogP contribution in [0, 0.1) is 23.2 Å². The van der Waals surface area contributed by atoms with Crippen LogP contribution < -0.4 is 10.6 Å². The number of nitrogens with zero attached hydrogens (tertiary/aromatic N) is 2. The van der Waals surface area contributed by atoms with Crippen molar-refractivity contribution >= 4 is 28.3 Å². The van der Waals surface area contributed by atoms with E-state index in [2.05, 4.69) is 29.5 Å². The number of carbonyl (C=O) groups excluding carboxylic acids is 2. The molecule has 3 aliphatic carbocycles. The van der Waals surface area contributed by atoms with E-state index >= 15 is 0 Å². The van der Waals surface area contributed by atoms with Gasteiger partial charge in [0, 0.05) is 40.7 Å². The van der Waals surface area contributed by atoms with Crippen LogP contribution in [0.4, 0.5) is 5.13 Å². The lowest BCUT2D eigenvalue weighted by Gasteiger charge is -2.53. The molecule has 0 unspecified atom stereocenters. The highest BCUT2D eigenvalue weighted by atomic mass is 32.1. The van der Waals surface area contributed by atoms with Crippen molar-refractivity contribution in [2.24, 2.45) is 23.2 Å². The second-order valence-corrected chi connectivity index (χ2v) is 11.5. The van der Waals surface area contributed by atoms with Gasteiger partial charge in [-0.05, 0) is 61.5 Å². The molecule has 0 saturated heterocycles. The Morgan fingerprint density at radius 1 is 1.24 bits per heavy atom. The maximum atomic E-state index is 12.7. The molecule has 7 nitrogen and oxygen atoms in total. The maximum Gasteiger partial charge on any atom is 0.257 e. The third-order valence-corrected chi connectivity index (χ3v) is 9.05. The van der Waals surface area contributed by atoms with Crippen molar-refractivity contribution in [3.05, 3.63) is 40.7 Å². The molecule has 3 N–H and O–H groups in total. The van der Waals surface area contributed by atoms with Crippen molar-refractivity contribution in [3.8, 4) is 0 Å². The molecular weight excluding hydrogens is 436 g/mol. The van der Waals surface area contributed by atoms with Gasteiger partial charge in [-0.15, -0.1) is 11.3 Å². The summed E-state index contributed by atoms with van der Waals surface area (Å²) in [5.74, 6) is -0.289. The van der Waals surface area contributed by atoms with E-state index in [0.29, 0.717) is 16.7 Å². The van der Waals surface area contributed by atoms with Crippen LogP contribution in [0.3, 0.4) is 0 Å². The van der Waals surface area contributed by atoms with Crippen LogP contribution in [0.1, 0.15) is 73.3 Å². The van der Waals surface area contributed by atoms with E-state index in [-0.39, 0.29) is 40.9 Å². The first-order chi connectivity index (χ1) is 15.8. The molecule has 5 rings (SSSR count). The van der Waals surface area contributed by atoms with Crippen LogP contribution in [-0.4, -0.2) is 39.0 Å². The number of aliphatic hydroxyl groups is 1. The van der Waals surface area contributed by atoms with Gasteiger partial charge in [-0.1, -0.05) is 20.8 Å². The molecule has 33 heavy (non-hydrogen) atoms. The standard InChI is InChI=1S/C25H32N4O3S/c1-13(22(31)27-16-4-5-16)17-6-9-25(3)12-18-20(14(2)19(25)21(17)30)28-24(33-18)29-23(32)15-7-10-26-11-8-15/h7-8,10-11,13-14,16-17,19,21,30H,4-6,9,12H2,1-3H3,(H,27,31)(H,28,29,32)/t13-,14+,17-,19+,21-,25+/m0/s1. The number of amides is 2. The van der Waals surface area contributed by atoms with Crippen molar-refractivity contribution in [2.45, 2.75) is 70.9 Å². The SMILES string of the molecule is C[C@H](C(=O)NC1CC1)[C@@H]1CC[C@]2(C)Cc3sc(NC(=O)c4ccncc4)nc3[C@H](C)[C@@H]2[C@H]1O. The molecule has 2 saturated carbocycles. The highest BCUT2D eigenvalue weighted by Gasteiger charge is 2.54.